The molecule has 0 aliphatic heterocycles. The van der Waals surface area contributed by atoms with E-state index in [1.165, 1.54) is 6.07 Å². The molecule has 0 unspecified atom stereocenters. The Kier molecular flexibility index (Phi) is 4.28. The van der Waals surface area contributed by atoms with Crippen molar-refractivity contribution in [3.63, 3.8) is 0 Å². The van der Waals surface area contributed by atoms with Gasteiger partial charge >= 0.3 is 0 Å². The summed E-state index contributed by atoms with van der Waals surface area (Å²) in [6.07, 6.45) is 1.09. The van der Waals surface area contributed by atoms with Crippen molar-refractivity contribution in [2.75, 3.05) is 25.6 Å². The molecule has 0 aliphatic carbocycles. The molecule has 16 heavy (non-hydrogen) atoms. The van der Waals surface area contributed by atoms with Gasteiger partial charge in [-0.2, -0.15) is 0 Å². The lowest BCUT2D eigenvalue weighted by atomic mass is 10.2. The van der Waals surface area contributed by atoms with E-state index in [4.69, 9.17) is 4.74 Å². The van der Waals surface area contributed by atoms with Gasteiger partial charge in [-0.3, -0.25) is 0 Å². The maximum absolute atomic E-state index is 13.7. The summed E-state index contributed by atoms with van der Waals surface area (Å²) in [4.78, 5) is 11.8. The average Bonchev–Trinajstić information content (AvgIpc) is 2.16. The molecular weight excluding hydrogens is 209 g/mol. The monoisotopic (exact) mass is 225 g/mol. The summed E-state index contributed by atoms with van der Waals surface area (Å²) in [6.45, 7) is 2.07. The van der Waals surface area contributed by atoms with Crippen LogP contribution in [0.2, 0.25) is 0 Å². The zero-order valence-corrected chi connectivity index (χ0v) is 9.79. The maximum Gasteiger partial charge on any atom is 0.150 e. The van der Waals surface area contributed by atoms with E-state index in [9.17, 15) is 9.18 Å². The molecule has 0 atom stereocenters. The number of aldehydes is 1. The highest BCUT2D eigenvalue weighted by Gasteiger charge is 2.12. The number of aryl methyl sites for hydroxylation is 1. The van der Waals surface area contributed by atoms with E-state index in [0.717, 1.165) is 11.8 Å². The van der Waals surface area contributed by atoms with Crippen molar-refractivity contribution < 1.29 is 13.9 Å². The first-order valence-electron chi connectivity index (χ1n) is 5.10. The van der Waals surface area contributed by atoms with Crippen molar-refractivity contribution >= 4 is 12.0 Å². The standard InChI is InChI=1S/C12H16FNO2/c1-9-7-10(13)12(14(2)3)11(8-9)16-6-4-5-15/h5,7-8H,4,6H2,1-3H3. The molecule has 0 N–H and O–H groups in total. The number of anilines is 1. The third kappa shape index (κ3) is 2.95. The Bertz CT molecular complexity index is 378. The minimum absolute atomic E-state index is 0.271. The number of carbonyl (C=O) groups excluding carboxylic acids is 1. The summed E-state index contributed by atoms with van der Waals surface area (Å²) < 4.78 is 19.1. The van der Waals surface area contributed by atoms with Crippen LogP contribution < -0.4 is 9.64 Å². The van der Waals surface area contributed by atoms with Crippen LogP contribution in [0.3, 0.4) is 0 Å². The number of halogens is 1. The second-order valence-electron chi connectivity index (χ2n) is 3.79. The number of hydrogen-bond donors (Lipinski definition) is 0. The Morgan fingerprint density at radius 2 is 2.12 bits per heavy atom. The molecule has 4 heteroatoms. The lowest BCUT2D eigenvalue weighted by Crippen LogP contribution is -2.13. The summed E-state index contributed by atoms with van der Waals surface area (Å²) in [6, 6.07) is 3.23. The fraction of sp³-hybridized carbons (Fsp3) is 0.417. The van der Waals surface area contributed by atoms with E-state index < -0.39 is 0 Å². The quantitative estimate of drug-likeness (QED) is 0.568. The Morgan fingerprint density at radius 1 is 1.44 bits per heavy atom. The van der Waals surface area contributed by atoms with Crippen LogP contribution in [-0.4, -0.2) is 27.0 Å². The van der Waals surface area contributed by atoms with Gasteiger partial charge in [0, 0.05) is 20.5 Å². The fourth-order valence-corrected chi connectivity index (χ4v) is 1.46. The third-order valence-corrected chi connectivity index (χ3v) is 2.11. The molecule has 0 bridgehead atoms. The van der Waals surface area contributed by atoms with Crippen LogP contribution in [0.5, 0.6) is 5.75 Å². The van der Waals surface area contributed by atoms with Crippen LogP contribution >= 0.6 is 0 Å². The second-order valence-corrected chi connectivity index (χ2v) is 3.79. The van der Waals surface area contributed by atoms with Crippen LogP contribution in [0.4, 0.5) is 10.1 Å². The Hall–Kier alpha value is -1.58. The molecule has 3 nitrogen and oxygen atoms in total. The van der Waals surface area contributed by atoms with Crippen molar-refractivity contribution in [3.05, 3.63) is 23.5 Å². The van der Waals surface area contributed by atoms with Crippen molar-refractivity contribution in [3.8, 4) is 5.75 Å². The van der Waals surface area contributed by atoms with Crippen LogP contribution in [0.1, 0.15) is 12.0 Å². The Morgan fingerprint density at radius 3 is 2.69 bits per heavy atom. The van der Waals surface area contributed by atoms with Gasteiger partial charge in [-0.05, 0) is 24.6 Å². The summed E-state index contributed by atoms with van der Waals surface area (Å²) >= 11 is 0. The SMILES string of the molecule is Cc1cc(F)c(N(C)C)c(OCCC=O)c1. The number of ether oxygens (including phenoxy) is 1. The topological polar surface area (TPSA) is 29.5 Å². The van der Waals surface area contributed by atoms with E-state index in [2.05, 4.69) is 0 Å². The molecule has 1 rings (SSSR count). The van der Waals surface area contributed by atoms with Gasteiger partial charge in [0.25, 0.3) is 0 Å². The molecule has 0 heterocycles. The van der Waals surface area contributed by atoms with E-state index in [1.807, 2.05) is 0 Å². The molecule has 0 spiro atoms. The fourth-order valence-electron chi connectivity index (χ4n) is 1.46. The van der Waals surface area contributed by atoms with Crippen molar-refractivity contribution in [1.82, 2.24) is 0 Å². The molecule has 0 radical (unpaired) electrons. The van der Waals surface area contributed by atoms with Gasteiger partial charge in [0.05, 0.1) is 6.61 Å². The molecule has 1 aromatic rings. The second kappa shape index (κ2) is 5.49. The molecule has 0 saturated heterocycles. The summed E-state index contributed by atoms with van der Waals surface area (Å²) in [7, 11) is 3.50. The molecule has 0 aliphatic rings. The highest BCUT2D eigenvalue weighted by molar-refractivity contribution is 5.60. The van der Waals surface area contributed by atoms with Gasteiger partial charge in [0.15, 0.2) is 5.82 Å². The van der Waals surface area contributed by atoms with Crippen molar-refractivity contribution in [1.29, 1.82) is 0 Å². The minimum atomic E-state index is -0.314. The Labute approximate surface area is 94.8 Å². The zero-order chi connectivity index (χ0) is 12.1. The molecule has 0 saturated carbocycles. The number of nitrogens with zero attached hydrogens (tertiary/aromatic N) is 1. The van der Waals surface area contributed by atoms with E-state index in [0.29, 0.717) is 17.9 Å². The van der Waals surface area contributed by atoms with Gasteiger partial charge < -0.3 is 14.4 Å². The number of rotatable bonds is 5. The third-order valence-electron chi connectivity index (χ3n) is 2.11. The van der Waals surface area contributed by atoms with Gasteiger partial charge in [0.2, 0.25) is 0 Å². The van der Waals surface area contributed by atoms with Gasteiger partial charge in [-0.25, -0.2) is 4.39 Å². The Balaban J connectivity index is 2.99. The molecule has 0 aromatic heterocycles. The largest absolute Gasteiger partial charge is 0.491 e. The highest BCUT2D eigenvalue weighted by Crippen LogP contribution is 2.31. The van der Waals surface area contributed by atoms with E-state index >= 15 is 0 Å². The molecule has 0 fully saturated rings. The smallest absolute Gasteiger partial charge is 0.150 e. The first-order valence-corrected chi connectivity index (χ1v) is 5.10. The van der Waals surface area contributed by atoms with Crippen LogP contribution in [-0.2, 0) is 4.79 Å². The molecule has 88 valence electrons. The average molecular weight is 225 g/mol. The predicted molar refractivity (Wildman–Crippen MR) is 61.6 cm³/mol. The molecule has 1 aromatic carbocycles. The van der Waals surface area contributed by atoms with Crippen LogP contribution in [0, 0.1) is 12.7 Å². The van der Waals surface area contributed by atoms with Crippen molar-refractivity contribution in [2.45, 2.75) is 13.3 Å². The van der Waals surface area contributed by atoms with Crippen LogP contribution in [0.15, 0.2) is 12.1 Å². The predicted octanol–water partition coefficient (Wildman–Crippen LogP) is 2.17. The first kappa shape index (κ1) is 12.5. The van der Waals surface area contributed by atoms with Gasteiger partial charge in [0.1, 0.15) is 17.7 Å². The normalized spacial score (nSPS) is 10.0. The van der Waals surface area contributed by atoms with Gasteiger partial charge in [-0.1, -0.05) is 0 Å². The first-order chi connectivity index (χ1) is 7.56. The highest BCUT2D eigenvalue weighted by atomic mass is 19.1. The van der Waals surface area contributed by atoms with Crippen molar-refractivity contribution in [2.24, 2.45) is 0 Å². The summed E-state index contributed by atoms with van der Waals surface area (Å²) in [5.41, 5.74) is 1.21. The lowest BCUT2D eigenvalue weighted by Gasteiger charge is -2.19. The number of carbonyl (C=O) groups is 1. The maximum atomic E-state index is 13.7. The zero-order valence-electron chi connectivity index (χ0n) is 9.79. The van der Waals surface area contributed by atoms with E-state index in [-0.39, 0.29) is 12.4 Å². The molecule has 0 amide bonds. The molecular formula is C12H16FNO2. The summed E-state index contributed by atoms with van der Waals surface area (Å²) in [5, 5.41) is 0. The number of hydrogen-bond acceptors (Lipinski definition) is 3. The van der Waals surface area contributed by atoms with Crippen LogP contribution in [0.25, 0.3) is 0 Å². The summed E-state index contributed by atoms with van der Waals surface area (Å²) in [5.74, 6) is 0.162. The lowest BCUT2D eigenvalue weighted by molar-refractivity contribution is -0.108. The minimum Gasteiger partial charge on any atom is -0.491 e. The van der Waals surface area contributed by atoms with E-state index in [1.54, 1.807) is 32.0 Å². The van der Waals surface area contributed by atoms with Gasteiger partial charge in [-0.15, -0.1) is 0 Å². The number of benzene rings is 1.